The van der Waals surface area contributed by atoms with E-state index in [0.29, 0.717) is 11.0 Å². The normalized spacial score (nSPS) is 13.0. The lowest BCUT2D eigenvalue weighted by Gasteiger charge is -2.10. The summed E-state index contributed by atoms with van der Waals surface area (Å²) in [6.45, 7) is 4.62. The Balaban J connectivity index is 2.20. The highest BCUT2D eigenvalue weighted by atomic mass is 79.9. The van der Waals surface area contributed by atoms with Crippen molar-refractivity contribution < 1.29 is 4.39 Å². The molecule has 3 aromatic rings. The van der Waals surface area contributed by atoms with Crippen molar-refractivity contribution in [3.63, 3.8) is 0 Å². The van der Waals surface area contributed by atoms with E-state index in [1.807, 2.05) is 11.5 Å². The second-order valence-electron chi connectivity index (χ2n) is 4.95. The number of rotatable bonds is 3. The number of fused-ring (bicyclic) bond motifs is 1. The summed E-state index contributed by atoms with van der Waals surface area (Å²) in [7, 11) is 0. The molecule has 0 radical (unpaired) electrons. The molecular formula is C15H13BrClFN2S. The number of aryl methyl sites for hydroxylation is 1. The van der Waals surface area contributed by atoms with Crippen molar-refractivity contribution >= 4 is 49.9 Å². The van der Waals surface area contributed by atoms with Gasteiger partial charge in [-0.05, 0) is 52.9 Å². The highest BCUT2D eigenvalue weighted by Gasteiger charge is 2.18. The zero-order valence-corrected chi connectivity index (χ0v) is 14.7. The van der Waals surface area contributed by atoms with Gasteiger partial charge >= 0.3 is 0 Å². The fourth-order valence-electron chi connectivity index (χ4n) is 2.32. The third-order valence-corrected chi connectivity index (χ3v) is 5.26. The lowest BCUT2D eigenvalue weighted by molar-refractivity contribution is 0.621. The van der Waals surface area contributed by atoms with Crippen molar-refractivity contribution in [2.45, 2.75) is 25.8 Å². The zero-order chi connectivity index (χ0) is 15.1. The first-order valence-electron chi connectivity index (χ1n) is 6.49. The van der Waals surface area contributed by atoms with Crippen LogP contribution in [-0.2, 0) is 6.54 Å². The smallest absolute Gasteiger partial charge is 0.139 e. The molecule has 3 rings (SSSR count). The lowest BCUT2D eigenvalue weighted by atomic mass is 10.2. The monoisotopic (exact) mass is 386 g/mol. The van der Waals surface area contributed by atoms with Crippen molar-refractivity contribution in [2.24, 2.45) is 0 Å². The van der Waals surface area contributed by atoms with Gasteiger partial charge in [0, 0.05) is 10.9 Å². The number of aromatic nitrogens is 2. The summed E-state index contributed by atoms with van der Waals surface area (Å²) in [5, 5.41) is 1.82. The molecule has 1 unspecified atom stereocenters. The molecule has 2 heterocycles. The maximum absolute atomic E-state index is 13.9. The van der Waals surface area contributed by atoms with E-state index in [-0.39, 0.29) is 11.2 Å². The van der Waals surface area contributed by atoms with E-state index >= 15 is 0 Å². The summed E-state index contributed by atoms with van der Waals surface area (Å²) >= 11 is 11.1. The molecule has 0 saturated heterocycles. The fourth-order valence-corrected chi connectivity index (χ4v) is 3.71. The summed E-state index contributed by atoms with van der Waals surface area (Å²) < 4.78 is 16.3. The molecule has 1 atom stereocenters. The van der Waals surface area contributed by atoms with Crippen LogP contribution in [0.25, 0.3) is 11.0 Å². The predicted octanol–water partition coefficient (Wildman–Crippen LogP) is 5.66. The second kappa shape index (κ2) is 5.71. The molecule has 0 aliphatic rings. The molecule has 0 fully saturated rings. The number of nitrogens with zero attached hydrogens (tertiary/aromatic N) is 2. The van der Waals surface area contributed by atoms with Crippen molar-refractivity contribution in [2.75, 3.05) is 0 Å². The van der Waals surface area contributed by atoms with Gasteiger partial charge in [0.1, 0.15) is 11.6 Å². The number of hydrogen-bond donors (Lipinski definition) is 0. The second-order valence-corrected chi connectivity index (χ2v) is 7.46. The average Bonchev–Trinajstić information content (AvgIpc) is 2.97. The highest BCUT2D eigenvalue weighted by Crippen LogP contribution is 2.30. The first kappa shape index (κ1) is 15.0. The maximum atomic E-state index is 13.9. The summed E-state index contributed by atoms with van der Waals surface area (Å²) in [6.07, 6.45) is 0. The van der Waals surface area contributed by atoms with Gasteiger partial charge in [-0.1, -0.05) is 0 Å². The molecule has 0 N–H and O–H groups in total. The van der Waals surface area contributed by atoms with Crippen LogP contribution in [0.3, 0.4) is 0 Å². The lowest BCUT2D eigenvalue weighted by Crippen LogP contribution is -2.05. The molecule has 1 aromatic carbocycles. The Morgan fingerprint density at radius 3 is 2.86 bits per heavy atom. The summed E-state index contributed by atoms with van der Waals surface area (Å²) in [6, 6.07) is 5.30. The van der Waals surface area contributed by atoms with Gasteiger partial charge in [-0.15, -0.1) is 22.9 Å². The van der Waals surface area contributed by atoms with Gasteiger partial charge in [0.2, 0.25) is 0 Å². The Kier molecular flexibility index (Phi) is 4.08. The molecular weight excluding hydrogens is 375 g/mol. The minimum atomic E-state index is -0.291. The van der Waals surface area contributed by atoms with Gasteiger partial charge in [-0.2, -0.15) is 0 Å². The van der Waals surface area contributed by atoms with Gasteiger partial charge in [0.15, 0.2) is 0 Å². The number of imidazole rings is 1. The standard InChI is InChI=1S/C15H13BrClFN2S/c1-8-3-4-21-14(8)7-20-13-6-11(18)10(16)5-12(13)19-15(20)9(2)17/h3-6,9H,7H2,1-2H3. The van der Waals surface area contributed by atoms with E-state index in [0.717, 1.165) is 16.9 Å². The van der Waals surface area contributed by atoms with Crippen molar-refractivity contribution in [3.05, 3.63) is 50.1 Å². The average molecular weight is 388 g/mol. The summed E-state index contributed by atoms with van der Waals surface area (Å²) in [4.78, 5) is 5.80. The van der Waals surface area contributed by atoms with Gasteiger partial charge in [0.05, 0.1) is 27.4 Å². The molecule has 0 amide bonds. The first-order chi connectivity index (χ1) is 9.97. The highest BCUT2D eigenvalue weighted by molar-refractivity contribution is 9.10. The van der Waals surface area contributed by atoms with E-state index in [1.165, 1.54) is 16.5 Å². The van der Waals surface area contributed by atoms with Crippen LogP contribution in [0.2, 0.25) is 0 Å². The Hall–Kier alpha value is -0.910. The Morgan fingerprint density at radius 1 is 1.48 bits per heavy atom. The van der Waals surface area contributed by atoms with Crippen LogP contribution < -0.4 is 0 Å². The number of benzene rings is 1. The molecule has 110 valence electrons. The SMILES string of the molecule is Cc1ccsc1Cn1c(C(C)Cl)nc2cc(Br)c(F)cc21. The first-order valence-corrected chi connectivity index (χ1v) is 8.60. The van der Waals surface area contributed by atoms with Crippen molar-refractivity contribution in [3.8, 4) is 0 Å². The molecule has 0 saturated carbocycles. The predicted molar refractivity (Wildman–Crippen MR) is 89.8 cm³/mol. The zero-order valence-electron chi connectivity index (χ0n) is 11.5. The number of halogens is 3. The molecule has 0 aliphatic heterocycles. The van der Waals surface area contributed by atoms with E-state index in [1.54, 1.807) is 17.4 Å². The molecule has 0 aliphatic carbocycles. The Morgan fingerprint density at radius 2 is 2.24 bits per heavy atom. The quantitative estimate of drug-likeness (QED) is 0.530. The largest absolute Gasteiger partial charge is 0.321 e. The van der Waals surface area contributed by atoms with Crippen LogP contribution in [0.4, 0.5) is 4.39 Å². The van der Waals surface area contributed by atoms with E-state index < -0.39 is 0 Å². The van der Waals surface area contributed by atoms with Crippen LogP contribution in [0.1, 0.15) is 28.6 Å². The van der Waals surface area contributed by atoms with Crippen LogP contribution in [0.5, 0.6) is 0 Å². The maximum Gasteiger partial charge on any atom is 0.139 e. The van der Waals surface area contributed by atoms with Gasteiger partial charge in [0.25, 0.3) is 0 Å². The fraction of sp³-hybridized carbons (Fsp3) is 0.267. The van der Waals surface area contributed by atoms with Gasteiger partial charge in [-0.3, -0.25) is 0 Å². The minimum absolute atomic E-state index is 0.237. The van der Waals surface area contributed by atoms with E-state index in [2.05, 4.69) is 39.3 Å². The number of thiophene rings is 1. The van der Waals surface area contributed by atoms with E-state index in [9.17, 15) is 4.39 Å². The topological polar surface area (TPSA) is 17.8 Å². The molecule has 0 bridgehead atoms. The van der Waals surface area contributed by atoms with Crippen molar-refractivity contribution in [1.82, 2.24) is 9.55 Å². The summed E-state index contributed by atoms with van der Waals surface area (Å²) in [5.41, 5.74) is 2.75. The van der Waals surface area contributed by atoms with Gasteiger partial charge in [-0.25, -0.2) is 9.37 Å². The minimum Gasteiger partial charge on any atom is -0.321 e. The van der Waals surface area contributed by atoms with E-state index in [4.69, 9.17) is 11.6 Å². The third-order valence-electron chi connectivity index (χ3n) is 3.45. The molecule has 6 heteroatoms. The number of hydrogen-bond acceptors (Lipinski definition) is 2. The van der Waals surface area contributed by atoms with Crippen LogP contribution in [-0.4, -0.2) is 9.55 Å². The Labute approximate surface area is 139 Å². The van der Waals surface area contributed by atoms with Gasteiger partial charge < -0.3 is 4.57 Å². The van der Waals surface area contributed by atoms with Crippen LogP contribution in [0.15, 0.2) is 28.1 Å². The molecule has 21 heavy (non-hydrogen) atoms. The van der Waals surface area contributed by atoms with Crippen molar-refractivity contribution in [1.29, 1.82) is 0 Å². The van der Waals surface area contributed by atoms with Crippen LogP contribution >= 0.6 is 38.9 Å². The third kappa shape index (κ3) is 2.74. The summed E-state index contributed by atoms with van der Waals surface area (Å²) in [5.74, 6) is 0.470. The Bertz CT molecular complexity index is 809. The van der Waals surface area contributed by atoms with Crippen LogP contribution in [0, 0.1) is 12.7 Å². The number of alkyl halides is 1. The molecule has 2 nitrogen and oxygen atoms in total. The molecule has 0 spiro atoms. The molecule has 2 aromatic heterocycles.